The minimum Gasteiger partial charge on any atom is -0.493 e. The van der Waals surface area contributed by atoms with Crippen LogP contribution in [-0.2, 0) is 9.63 Å². The maximum absolute atomic E-state index is 11.9. The van der Waals surface area contributed by atoms with E-state index in [1.54, 1.807) is 57.5 Å². The van der Waals surface area contributed by atoms with Gasteiger partial charge in [-0.05, 0) is 31.2 Å². The molecule has 3 rings (SSSR count). The molecule has 150 valence electrons. The van der Waals surface area contributed by atoms with Crippen molar-refractivity contribution in [3.05, 3.63) is 48.0 Å². The van der Waals surface area contributed by atoms with E-state index in [0.29, 0.717) is 28.1 Å². The lowest BCUT2D eigenvalue weighted by Gasteiger charge is -2.09. The Morgan fingerprint density at radius 1 is 1.10 bits per heavy atom. The van der Waals surface area contributed by atoms with Gasteiger partial charge >= 0.3 is 5.91 Å². The maximum Gasteiger partial charge on any atom is 0.304 e. The molecule has 1 amide bonds. The number of benzene rings is 2. The van der Waals surface area contributed by atoms with Crippen molar-refractivity contribution in [1.82, 2.24) is 4.98 Å². The van der Waals surface area contributed by atoms with E-state index in [2.05, 4.69) is 20.4 Å². The summed E-state index contributed by atoms with van der Waals surface area (Å²) in [6, 6.07) is 12.5. The molecule has 2 aromatic carbocycles. The number of azo groups is 1. The van der Waals surface area contributed by atoms with Crippen molar-refractivity contribution >= 4 is 28.2 Å². The summed E-state index contributed by atoms with van der Waals surface area (Å²) < 4.78 is 10.4. The topological polar surface area (TPSA) is 118 Å². The molecule has 0 saturated heterocycles. The van der Waals surface area contributed by atoms with Crippen LogP contribution >= 0.6 is 0 Å². The normalized spacial score (nSPS) is 11.8. The van der Waals surface area contributed by atoms with Gasteiger partial charge < -0.3 is 24.4 Å². The highest BCUT2D eigenvalue weighted by molar-refractivity contribution is 5.99. The Balaban J connectivity index is 1.63. The van der Waals surface area contributed by atoms with Gasteiger partial charge in [0.2, 0.25) is 5.88 Å². The smallest absolute Gasteiger partial charge is 0.304 e. The zero-order valence-electron chi connectivity index (χ0n) is 16.2. The number of aromatic hydroxyl groups is 1. The molecule has 0 spiro atoms. The number of ether oxygens (including phenoxy) is 2. The highest BCUT2D eigenvalue weighted by Crippen LogP contribution is 2.35. The van der Waals surface area contributed by atoms with Crippen molar-refractivity contribution in [2.45, 2.75) is 6.92 Å². The molecule has 29 heavy (non-hydrogen) atoms. The van der Waals surface area contributed by atoms with E-state index < -0.39 is 12.5 Å². The SMILES string of the molecule is COc1ccc(/C(C)=N\OCC(=O)N=Nc2c(O)[nH]c3ccccc23)cc1OC. The van der Waals surface area contributed by atoms with Crippen LogP contribution in [0, 0.1) is 0 Å². The molecule has 0 unspecified atom stereocenters. The van der Waals surface area contributed by atoms with Crippen LogP contribution in [0.25, 0.3) is 10.9 Å². The molecular formula is C20H20N4O5. The number of para-hydroxylation sites is 1. The predicted molar refractivity (Wildman–Crippen MR) is 107 cm³/mol. The van der Waals surface area contributed by atoms with Gasteiger partial charge in [-0.3, -0.25) is 4.79 Å². The Hall–Kier alpha value is -3.88. The van der Waals surface area contributed by atoms with Gasteiger partial charge in [0.1, 0.15) is 0 Å². The van der Waals surface area contributed by atoms with Crippen LogP contribution in [0.1, 0.15) is 12.5 Å². The lowest BCUT2D eigenvalue weighted by Crippen LogP contribution is -2.04. The molecule has 3 aromatic rings. The van der Waals surface area contributed by atoms with Crippen molar-refractivity contribution in [1.29, 1.82) is 0 Å². The van der Waals surface area contributed by atoms with Crippen LogP contribution in [0.5, 0.6) is 17.4 Å². The minimum absolute atomic E-state index is 0.161. The quantitative estimate of drug-likeness (QED) is 0.356. The monoisotopic (exact) mass is 396 g/mol. The first-order valence-corrected chi connectivity index (χ1v) is 8.66. The molecule has 0 aliphatic rings. The van der Waals surface area contributed by atoms with Gasteiger partial charge in [-0.25, -0.2) is 0 Å². The molecular weight excluding hydrogens is 376 g/mol. The lowest BCUT2D eigenvalue weighted by atomic mass is 10.1. The number of hydrogen-bond donors (Lipinski definition) is 2. The van der Waals surface area contributed by atoms with E-state index in [1.807, 2.05) is 6.07 Å². The van der Waals surface area contributed by atoms with Gasteiger partial charge in [-0.15, -0.1) is 10.2 Å². The number of nitrogens with zero attached hydrogens (tertiary/aromatic N) is 3. The van der Waals surface area contributed by atoms with Crippen LogP contribution in [-0.4, -0.2) is 42.5 Å². The number of oxime groups is 1. The van der Waals surface area contributed by atoms with Crippen molar-refractivity contribution in [2.24, 2.45) is 15.4 Å². The Labute approximate surface area is 166 Å². The highest BCUT2D eigenvalue weighted by atomic mass is 16.6. The van der Waals surface area contributed by atoms with Crippen LogP contribution in [0.4, 0.5) is 5.69 Å². The lowest BCUT2D eigenvalue weighted by molar-refractivity contribution is -0.122. The van der Waals surface area contributed by atoms with E-state index in [9.17, 15) is 9.90 Å². The Morgan fingerprint density at radius 2 is 1.86 bits per heavy atom. The number of nitrogens with one attached hydrogen (secondary N) is 1. The third-order valence-electron chi connectivity index (χ3n) is 4.11. The molecule has 1 heterocycles. The van der Waals surface area contributed by atoms with Gasteiger partial charge in [-0.1, -0.05) is 23.4 Å². The van der Waals surface area contributed by atoms with E-state index >= 15 is 0 Å². The van der Waals surface area contributed by atoms with E-state index in [4.69, 9.17) is 14.3 Å². The standard InChI is InChI=1S/C20H20N4O5/c1-12(13-8-9-16(27-2)17(10-13)28-3)24-29-11-18(25)22-23-19-14-6-4-5-7-15(14)21-20(19)26/h4-10,21,26H,11H2,1-3H3/b23-22?,24-12-. The Bertz CT molecular complexity index is 1090. The molecule has 0 aliphatic carbocycles. The second-order valence-electron chi connectivity index (χ2n) is 5.98. The Morgan fingerprint density at radius 3 is 2.62 bits per heavy atom. The number of carbonyl (C=O) groups excluding carboxylic acids is 1. The molecule has 9 nitrogen and oxygen atoms in total. The third kappa shape index (κ3) is 4.52. The molecule has 9 heteroatoms. The summed E-state index contributed by atoms with van der Waals surface area (Å²) in [5.41, 5.74) is 2.18. The largest absolute Gasteiger partial charge is 0.493 e. The number of fused-ring (bicyclic) bond motifs is 1. The fourth-order valence-corrected chi connectivity index (χ4v) is 2.65. The first kappa shape index (κ1) is 19.9. The number of amides is 1. The maximum atomic E-state index is 11.9. The molecule has 0 bridgehead atoms. The minimum atomic E-state index is -0.640. The van der Waals surface area contributed by atoms with Crippen molar-refractivity contribution in [3.8, 4) is 17.4 Å². The van der Waals surface area contributed by atoms with Crippen LogP contribution < -0.4 is 9.47 Å². The highest BCUT2D eigenvalue weighted by Gasteiger charge is 2.11. The van der Waals surface area contributed by atoms with Crippen LogP contribution in [0.2, 0.25) is 0 Å². The number of hydrogen-bond acceptors (Lipinski definition) is 7. The van der Waals surface area contributed by atoms with Crippen molar-refractivity contribution in [3.63, 3.8) is 0 Å². The molecule has 1 aromatic heterocycles. The average Bonchev–Trinajstić information content (AvgIpc) is 3.06. The van der Waals surface area contributed by atoms with E-state index in [1.165, 1.54) is 0 Å². The summed E-state index contributed by atoms with van der Waals surface area (Å²) in [5.74, 6) is 0.355. The van der Waals surface area contributed by atoms with Crippen LogP contribution in [0.3, 0.4) is 0 Å². The summed E-state index contributed by atoms with van der Waals surface area (Å²) in [4.78, 5) is 19.7. The van der Waals surface area contributed by atoms with Gasteiger partial charge in [0.15, 0.2) is 23.8 Å². The molecule has 0 saturated carbocycles. The van der Waals surface area contributed by atoms with Crippen molar-refractivity contribution < 1.29 is 24.2 Å². The zero-order valence-corrected chi connectivity index (χ0v) is 16.2. The number of aromatic amines is 1. The number of H-pyrrole nitrogens is 1. The fourth-order valence-electron chi connectivity index (χ4n) is 2.65. The molecule has 0 radical (unpaired) electrons. The zero-order chi connectivity index (χ0) is 20.8. The van der Waals surface area contributed by atoms with E-state index in [0.717, 1.165) is 5.56 Å². The number of methoxy groups -OCH3 is 2. The molecule has 0 fully saturated rings. The van der Waals surface area contributed by atoms with Crippen LogP contribution in [0.15, 0.2) is 57.8 Å². The molecule has 0 aliphatic heterocycles. The second kappa shape index (κ2) is 8.87. The average molecular weight is 396 g/mol. The van der Waals surface area contributed by atoms with Gasteiger partial charge in [0.05, 0.1) is 25.4 Å². The summed E-state index contributed by atoms with van der Waals surface area (Å²) in [6.07, 6.45) is 0. The summed E-state index contributed by atoms with van der Waals surface area (Å²) in [5, 5.41) is 21.9. The number of rotatable bonds is 7. The van der Waals surface area contributed by atoms with Gasteiger partial charge in [0, 0.05) is 10.9 Å². The van der Waals surface area contributed by atoms with Gasteiger partial charge in [-0.2, -0.15) is 0 Å². The summed E-state index contributed by atoms with van der Waals surface area (Å²) >= 11 is 0. The summed E-state index contributed by atoms with van der Waals surface area (Å²) in [6.45, 7) is 1.34. The second-order valence-corrected chi connectivity index (χ2v) is 5.98. The third-order valence-corrected chi connectivity index (χ3v) is 4.11. The first-order chi connectivity index (χ1) is 14.0. The van der Waals surface area contributed by atoms with Crippen molar-refractivity contribution in [2.75, 3.05) is 20.8 Å². The number of carbonyl (C=O) groups is 1. The molecule has 0 atom stereocenters. The Kier molecular flexibility index (Phi) is 6.08. The summed E-state index contributed by atoms with van der Waals surface area (Å²) in [7, 11) is 3.09. The molecule has 2 N–H and O–H groups in total. The fraction of sp³-hybridized carbons (Fsp3) is 0.200. The van der Waals surface area contributed by atoms with Gasteiger partial charge in [0.25, 0.3) is 0 Å². The van der Waals surface area contributed by atoms with E-state index in [-0.39, 0.29) is 11.6 Å². The first-order valence-electron chi connectivity index (χ1n) is 8.66. The number of aromatic nitrogens is 1. The predicted octanol–water partition coefficient (Wildman–Crippen LogP) is 3.94.